The van der Waals surface area contributed by atoms with Gasteiger partial charge in [-0.1, -0.05) is 6.07 Å². The van der Waals surface area contributed by atoms with Gasteiger partial charge >= 0.3 is 0 Å². The molecule has 0 atom stereocenters. The molecule has 1 aromatic rings. The molecule has 1 aliphatic heterocycles. The minimum Gasteiger partial charge on any atom is -0.493 e. The van der Waals surface area contributed by atoms with Gasteiger partial charge in [-0.05, 0) is 17.7 Å². The largest absolute Gasteiger partial charge is 0.493 e. The number of amides is 1. The number of morpholine rings is 1. The van der Waals surface area contributed by atoms with Crippen LogP contribution in [0.15, 0.2) is 18.2 Å². The highest BCUT2D eigenvalue weighted by atomic mass is 32.2. The summed E-state index contributed by atoms with van der Waals surface area (Å²) in [5.74, 6) is 0.837. The lowest BCUT2D eigenvalue weighted by Crippen LogP contribution is -2.46. The van der Waals surface area contributed by atoms with Gasteiger partial charge in [-0.15, -0.1) is 0 Å². The third kappa shape index (κ3) is 5.32. The van der Waals surface area contributed by atoms with E-state index in [-0.39, 0.29) is 19.0 Å². The lowest BCUT2D eigenvalue weighted by Gasteiger charge is -2.29. The minimum atomic E-state index is -3.55. The Morgan fingerprint density at radius 3 is 2.40 bits per heavy atom. The van der Waals surface area contributed by atoms with E-state index >= 15 is 0 Å². The number of nitrogens with zero attached hydrogens (tertiary/aromatic N) is 2. The zero-order valence-corrected chi connectivity index (χ0v) is 15.5. The smallest absolute Gasteiger partial charge is 0.238 e. The van der Waals surface area contributed by atoms with Gasteiger partial charge in [0.15, 0.2) is 11.5 Å². The summed E-state index contributed by atoms with van der Waals surface area (Å²) in [6.45, 7) is 1.78. The summed E-state index contributed by atoms with van der Waals surface area (Å²) in [5, 5.41) is 0. The van der Waals surface area contributed by atoms with Crippen LogP contribution in [-0.4, -0.2) is 76.9 Å². The monoisotopic (exact) mass is 372 g/mol. The maximum atomic E-state index is 12.4. The predicted octanol–water partition coefficient (Wildman–Crippen LogP) is 0.324. The third-order valence-electron chi connectivity index (χ3n) is 3.95. The van der Waals surface area contributed by atoms with Gasteiger partial charge in [-0.3, -0.25) is 4.79 Å². The summed E-state index contributed by atoms with van der Waals surface area (Å²) >= 11 is 0. The Bertz CT molecular complexity index is 701. The third-order valence-corrected chi connectivity index (χ3v) is 5.15. The van der Waals surface area contributed by atoms with Crippen molar-refractivity contribution in [1.82, 2.24) is 9.21 Å². The number of carbonyl (C=O) groups excluding carboxylic acids is 1. The molecular formula is C16H24N2O6S. The molecule has 1 fully saturated rings. The van der Waals surface area contributed by atoms with E-state index in [1.54, 1.807) is 23.1 Å². The van der Waals surface area contributed by atoms with Gasteiger partial charge in [0.2, 0.25) is 15.9 Å². The fourth-order valence-corrected chi connectivity index (χ4v) is 3.27. The number of rotatable bonds is 7. The molecule has 1 heterocycles. The lowest BCUT2D eigenvalue weighted by molar-refractivity contribution is -0.135. The van der Waals surface area contributed by atoms with Crippen molar-refractivity contribution in [2.45, 2.75) is 6.54 Å². The van der Waals surface area contributed by atoms with Crippen LogP contribution in [0.2, 0.25) is 0 Å². The van der Waals surface area contributed by atoms with E-state index in [1.165, 1.54) is 14.2 Å². The number of methoxy groups -OCH3 is 2. The van der Waals surface area contributed by atoms with Gasteiger partial charge < -0.3 is 19.1 Å². The van der Waals surface area contributed by atoms with E-state index in [4.69, 9.17) is 14.2 Å². The second-order valence-electron chi connectivity index (χ2n) is 5.71. The van der Waals surface area contributed by atoms with Gasteiger partial charge in [0.05, 0.1) is 40.2 Å². The molecule has 0 aliphatic carbocycles. The molecule has 140 valence electrons. The fourth-order valence-electron chi connectivity index (χ4n) is 2.54. The van der Waals surface area contributed by atoms with E-state index in [0.29, 0.717) is 43.4 Å². The first-order valence-corrected chi connectivity index (χ1v) is 9.71. The van der Waals surface area contributed by atoms with Crippen LogP contribution in [0.4, 0.5) is 0 Å². The molecule has 1 saturated heterocycles. The Morgan fingerprint density at radius 2 is 1.84 bits per heavy atom. The molecule has 0 saturated carbocycles. The van der Waals surface area contributed by atoms with Crippen LogP contribution in [0, 0.1) is 0 Å². The van der Waals surface area contributed by atoms with Crippen LogP contribution < -0.4 is 9.47 Å². The molecular weight excluding hydrogens is 348 g/mol. The highest BCUT2D eigenvalue weighted by Crippen LogP contribution is 2.28. The molecule has 8 nitrogen and oxygen atoms in total. The minimum absolute atomic E-state index is 0.0786. The lowest BCUT2D eigenvalue weighted by atomic mass is 10.2. The van der Waals surface area contributed by atoms with E-state index in [2.05, 4.69) is 0 Å². The highest BCUT2D eigenvalue weighted by molar-refractivity contribution is 7.88. The Kier molecular flexibility index (Phi) is 6.63. The molecule has 25 heavy (non-hydrogen) atoms. The first-order valence-electron chi connectivity index (χ1n) is 7.86. The van der Waals surface area contributed by atoms with E-state index < -0.39 is 10.0 Å². The summed E-state index contributed by atoms with van der Waals surface area (Å²) in [6.07, 6.45) is 1.10. The number of hydrogen-bond acceptors (Lipinski definition) is 6. The quantitative estimate of drug-likeness (QED) is 0.685. The molecule has 0 spiro atoms. The molecule has 1 aliphatic rings. The van der Waals surface area contributed by atoms with Crippen molar-refractivity contribution in [3.05, 3.63) is 23.8 Å². The molecule has 2 rings (SSSR count). The van der Waals surface area contributed by atoms with Crippen molar-refractivity contribution in [3.8, 4) is 11.5 Å². The normalized spacial score (nSPS) is 15.3. The van der Waals surface area contributed by atoms with Gasteiger partial charge in [0.1, 0.15) is 0 Å². The molecule has 0 unspecified atom stereocenters. The van der Waals surface area contributed by atoms with Crippen LogP contribution in [0.3, 0.4) is 0 Å². The Balaban J connectivity index is 2.14. The van der Waals surface area contributed by atoms with Crippen molar-refractivity contribution >= 4 is 15.9 Å². The number of ether oxygens (including phenoxy) is 3. The molecule has 1 amide bonds. The van der Waals surface area contributed by atoms with Crippen LogP contribution in [-0.2, 0) is 26.1 Å². The van der Waals surface area contributed by atoms with Crippen LogP contribution >= 0.6 is 0 Å². The van der Waals surface area contributed by atoms with E-state index in [1.807, 2.05) is 0 Å². The average molecular weight is 372 g/mol. The molecule has 0 bridgehead atoms. The second kappa shape index (κ2) is 8.50. The fraction of sp³-hybridized carbons (Fsp3) is 0.562. The summed E-state index contributed by atoms with van der Waals surface area (Å²) in [7, 11) is -0.509. The summed E-state index contributed by atoms with van der Waals surface area (Å²) in [6, 6.07) is 5.16. The highest BCUT2D eigenvalue weighted by Gasteiger charge is 2.25. The molecule has 9 heteroatoms. The Labute approximate surface area is 148 Å². The topological polar surface area (TPSA) is 85.4 Å². The number of benzene rings is 1. The summed E-state index contributed by atoms with van der Waals surface area (Å²) in [4.78, 5) is 14.0. The molecule has 0 N–H and O–H groups in total. The number of sulfonamides is 1. The van der Waals surface area contributed by atoms with Crippen LogP contribution in [0.1, 0.15) is 5.56 Å². The summed E-state index contributed by atoms with van der Waals surface area (Å²) < 4.78 is 41.0. The molecule has 1 aromatic carbocycles. The molecule has 0 radical (unpaired) electrons. The van der Waals surface area contributed by atoms with Crippen molar-refractivity contribution in [1.29, 1.82) is 0 Å². The summed E-state index contributed by atoms with van der Waals surface area (Å²) in [5.41, 5.74) is 0.706. The van der Waals surface area contributed by atoms with Crippen LogP contribution in [0.5, 0.6) is 11.5 Å². The van der Waals surface area contributed by atoms with Gasteiger partial charge in [-0.2, -0.15) is 4.31 Å². The van der Waals surface area contributed by atoms with Gasteiger partial charge in [0.25, 0.3) is 0 Å². The molecule has 0 aromatic heterocycles. The maximum absolute atomic E-state index is 12.4. The average Bonchev–Trinajstić information content (AvgIpc) is 2.60. The number of carbonyl (C=O) groups is 1. The van der Waals surface area contributed by atoms with Crippen molar-refractivity contribution in [2.75, 3.05) is 53.3 Å². The maximum Gasteiger partial charge on any atom is 0.238 e. The zero-order chi connectivity index (χ0) is 18.4. The Hall–Kier alpha value is -1.84. The van der Waals surface area contributed by atoms with Gasteiger partial charge in [-0.25, -0.2) is 8.42 Å². The van der Waals surface area contributed by atoms with Crippen LogP contribution in [0.25, 0.3) is 0 Å². The zero-order valence-electron chi connectivity index (χ0n) is 14.7. The predicted molar refractivity (Wildman–Crippen MR) is 92.2 cm³/mol. The van der Waals surface area contributed by atoms with E-state index in [0.717, 1.165) is 10.6 Å². The Morgan fingerprint density at radius 1 is 1.20 bits per heavy atom. The standard InChI is InChI=1S/C16H24N2O6S/c1-22-14-5-4-13(10-15(14)23-2)11-18(25(3,20)21)12-16(19)17-6-8-24-9-7-17/h4-5,10H,6-9,11-12H2,1-3H3. The second-order valence-corrected chi connectivity index (χ2v) is 7.70. The van der Waals surface area contributed by atoms with Crippen molar-refractivity contribution in [2.24, 2.45) is 0 Å². The van der Waals surface area contributed by atoms with Gasteiger partial charge in [0, 0.05) is 19.6 Å². The first-order chi connectivity index (χ1) is 11.8. The SMILES string of the molecule is COc1ccc(CN(CC(=O)N2CCOCC2)S(C)(=O)=O)cc1OC. The van der Waals surface area contributed by atoms with Crippen molar-refractivity contribution in [3.63, 3.8) is 0 Å². The van der Waals surface area contributed by atoms with E-state index in [9.17, 15) is 13.2 Å². The first kappa shape index (κ1) is 19.5. The number of hydrogen-bond donors (Lipinski definition) is 0. The van der Waals surface area contributed by atoms with Crippen molar-refractivity contribution < 1.29 is 27.4 Å².